The number of piperazine rings is 1. The minimum Gasteiger partial charge on any atom is -0.480 e. The first-order valence-electron chi connectivity index (χ1n) is 10.5. The second kappa shape index (κ2) is 9.57. The molecule has 1 aliphatic heterocycles. The van der Waals surface area contributed by atoms with Gasteiger partial charge >= 0.3 is 0 Å². The summed E-state index contributed by atoms with van der Waals surface area (Å²) in [4.78, 5) is 26.0. The van der Waals surface area contributed by atoms with Crippen molar-refractivity contribution < 1.29 is 9.53 Å². The summed E-state index contributed by atoms with van der Waals surface area (Å²) in [5.41, 5.74) is 2.93. The van der Waals surface area contributed by atoms with E-state index >= 15 is 0 Å². The molecule has 7 heteroatoms. The fourth-order valence-electron chi connectivity index (χ4n) is 3.79. The molecule has 1 amide bonds. The van der Waals surface area contributed by atoms with E-state index in [1.165, 1.54) is 0 Å². The number of para-hydroxylation sites is 1. The van der Waals surface area contributed by atoms with Crippen LogP contribution in [0.1, 0.15) is 6.92 Å². The summed E-state index contributed by atoms with van der Waals surface area (Å²) in [5.74, 6) is 1.30. The van der Waals surface area contributed by atoms with Gasteiger partial charge in [0.05, 0.1) is 25.5 Å². The number of hydrogen-bond acceptors (Lipinski definition) is 6. The highest BCUT2D eigenvalue weighted by atomic mass is 16.5. The highest BCUT2D eigenvalue weighted by molar-refractivity contribution is 5.98. The minimum atomic E-state index is -0.234. The number of nitrogens with one attached hydrogen (secondary N) is 1. The molecule has 1 N–H and O–H groups in total. The van der Waals surface area contributed by atoms with Crippen LogP contribution in [0.15, 0.2) is 67.0 Å². The van der Waals surface area contributed by atoms with Crippen LogP contribution in [0.5, 0.6) is 5.88 Å². The quantitative estimate of drug-likeness (QED) is 0.664. The Labute approximate surface area is 182 Å². The molecule has 0 spiro atoms. The van der Waals surface area contributed by atoms with E-state index in [0.717, 1.165) is 48.8 Å². The lowest BCUT2D eigenvalue weighted by molar-refractivity contribution is -0.120. The first-order valence-corrected chi connectivity index (χ1v) is 10.5. The van der Waals surface area contributed by atoms with Gasteiger partial charge in [-0.1, -0.05) is 48.5 Å². The molecule has 4 rings (SSSR count). The molecule has 1 fully saturated rings. The second-order valence-corrected chi connectivity index (χ2v) is 7.52. The molecule has 1 unspecified atom stereocenters. The molecular formula is C24H27N5O2. The van der Waals surface area contributed by atoms with Crippen molar-refractivity contribution in [1.82, 2.24) is 14.9 Å². The van der Waals surface area contributed by atoms with Crippen LogP contribution in [0.3, 0.4) is 0 Å². The lowest BCUT2D eigenvalue weighted by atomic mass is 10.0. The van der Waals surface area contributed by atoms with Gasteiger partial charge in [0.1, 0.15) is 0 Å². The highest BCUT2D eigenvalue weighted by Crippen LogP contribution is 2.28. The molecule has 0 bridgehead atoms. The zero-order chi connectivity index (χ0) is 21.6. The van der Waals surface area contributed by atoms with E-state index in [9.17, 15) is 4.79 Å². The molecule has 1 atom stereocenters. The van der Waals surface area contributed by atoms with Crippen molar-refractivity contribution in [2.45, 2.75) is 13.0 Å². The van der Waals surface area contributed by atoms with Crippen LogP contribution in [0.25, 0.3) is 11.1 Å². The number of aromatic nitrogens is 2. The Morgan fingerprint density at radius 3 is 2.45 bits per heavy atom. The SMILES string of the molecule is COc1cncc(N2CCN(C(C)C(=O)Nc3ccccc3-c3ccccc3)CC2)n1. The summed E-state index contributed by atoms with van der Waals surface area (Å²) in [6.07, 6.45) is 3.34. The van der Waals surface area contributed by atoms with Crippen LogP contribution in [0.4, 0.5) is 11.5 Å². The zero-order valence-corrected chi connectivity index (χ0v) is 17.9. The molecule has 7 nitrogen and oxygen atoms in total. The molecule has 1 aliphatic rings. The normalized spacial score (nSPS) is 15.4. The van der Waals surface area contributed by atoms with Crippen molar-refractivity contribution in [1.29, 1.82) is 0 Å². The van der Waals surface area contributed by atoms with Crippen molar-refractivity contribution in [2.75, 3.05) is 43.5 Å². The fraction of sp³-hybridized carbons (Fsp3) is 0.292. The number of benzene rings is 2. The number of rotatable bonds is 6. The van der Waals surface area contributed by atoms with Gasteiger partial charge in [0.2, 0.25) is 11.8 Å². The molecule has 2 aromatic carbocycles. The second-order valence-electron chi connectivity index (χ2n) is 7.52. The van der Waals surface area contributed by atoms with Gasteiger partial charge in [-0.2, -0.15) is 4.98 Å². The number of carbonyl (C=O) groups excluding carboxylic acids is 1. The van der Waals surface area contributed by atoms with Gasteiger partial charge in [-0.3, -0.25) is 14.7 Å². The predicted molar refractivity (Wildman–Crippen MR) is 122 cm³/mol. The third-order valence-corrected chi connectivity index (χ3v) is 5.64. The summed E-state index contributed by atoms with van der Waals surface area (Å²) in [6.45, 7) is 5.06. The molecule has 3 aromatic rings. The monoisotopic (exact) mass is 417 g/mol. The Balaban J connectivity index is 1.39. The first-order chi connectivity index (χ1) is 15.2. The number of amides is 1. The Kier molecular flexibility index (Phi) is 6.43. The predicted octanol–water partition coefficient (Wildman–Crippen LogP) is 3.30. The Morgan fingerprint density at radius 2 is 1.71 bits per heavy atom. The maximum absolute atomic E-state index is 13.0. The van der Waals surface area contributed by atoms with E-state index in [1.807, 2.05) is 49.4 Å². The first kappa shape index (κ1) is 20.8. The van der Waals surface area contributed by atoms with Crippen LogP contribution in [-0.2, 0) is 4.79 Å². The van der Waals surface area contributed by atoms with Gasteiger partial charge in [-0.15, -0.1) is 0 Å². The van der Waals surface area contributed by atoms with Crippen LogP contribution in [-0.4, -0.2) is 60.1 Å². The summed E-state index contributed by atoms with van der Waals surface area (Å²) in [5, 5.41) is 3.13. The molecule has 0 radical (unpaired) electrons. The zero-order valence-electron chi connectivity index (χ0n) is 17.9. The summed E-state index contributed by atoms with van der Waals surface area (Å²) < 4.78 is 5.17. The number of nitrogens with zero attached hydrogens (tertiary/aromatic N) is 4. The van der Waals surface area contributed by atoms with Crippen molar-refractivity contribution in [3.8, 4) is 17.0 Å². The van der Waals surface area contributed by atoms with Crippen molar-refractivity contribution >= 4 is 17.4 Å². The fourth-order valence-corrected chi connectivity index (χ4v) is 3.79. The number of ether oxygens (including phenoxy) is 1. The summed E-state index contributed by atoms with van der Waals surface area (Å²) >= 11 is 0. The van der Waals surface area contributed by atoms with E-state index in [2.05, 4.69) is 37.2 Å². The maximum Gasteiger partial charge on any atom is 0.241 e. The Hall–Kier alpha value is -3.45. The number of carbonyl (C=O) groups is 1. The third kappa shape index (κ3) is 4.83. The van der Waals surface area contributed by atoms with Crippen LogP contribution >= 0.6 is 0 Å². The Bertz CT molecular complexity index is 1020. The van der Waals surface area contributed by atoms with Crippen molar-refractivity contribution in [3.05, 3.63) is 67.0 Å². The van der Waals surface area contributed by atoms with Crippen LogP contribution in [0, 0.1) is 0 Å². The lowest BCUT2D eigenvalue weighted by Gasteiger charge is -2.37. The van der Waals surface area contributed by atoms with E-state index in [4.69, 9.17) is 4.74 Å². The van der Waals surface area contributed by atoms with Crippen molar-refractivity contribution in [3.63, 3.8) is 0 Å². The Morgan fingerprint density at radius 1 is 1.00 bits per heavy atom. The van der Waals surface area contributed by atoms with Crippen LogP contribution < -0.4 is 15.0 Å². The van der Waals surface area contributed by atoms with E-state index in [-0.39, 0.29) is 11.9 Å². The number of anilines is 2. The molecule has 0 saturated carbocycles. The highest BCUT2D eigenvalue weighted by Gasteiger charge is 2.26. The third-order valence-electron chi connectivity index (χ3n) is 5.64. The largest absolute Gasteiger partial charge is 0.480 e. The standard InChI is InChI=1S/C24H27N5O2/c1-18(28-12-14-29(15-13-28)22-16-25-17-23(27-22)31-2)24(30)26-21-11-7-6-10-20(21)19-8-4-3-5-9-19/h3-11,16-18H,12-15H2,1-2H3,(H,26,30). The summed E-state index contributed by atoms with van der Waals surface area (Å²) in [6, 6.07) is 17.8. The van der Waals surface area contributed by atoms with Gasteiger partial charge < -0.3 is 15.0 Å². The molecule has 0 aliphatic carbocycles. The smallest absolute Gasteiger partial charge is 0.241 e. The van der Waals surface area contributed by atoms with Crippen molar-refractivity contribution in [2.24, 2.45) is 0 Å². The van der Waals surface area contributed by atoms with Gasteiger partial charge in [0.15, 0.2) is 5.82 Å². The molecular weight excluding hydrogens is 390 g/mol. The number of methoxy groups -OCH3 is 1. The van der Waals surface area contributed by atoms with Gasteiger partial charge in [-0.25, -0.2) is 0 Å². The molecule has 160 valence electrons. The lowest BCUT2D eigenvalue weighted by Crippen LogP contribution is -2.53. The molecule has 31 heavy (non-hydrogen) atoms. The van der Waals surface area contributed by atoms with E-state index < -0.39 is 0 Å². The maximum atomic E-state index is 13.0. The minimum absolute atomic E-state index is 0.00185. The van der Waals surface area contributed by atoms with Gasteiger partial charge in [-0.05, 0) is 18.6 Å². The average molecular weight is 418 g/mol. The van der Waals surface area contributed by atoms with Gasteiger partial charge in [0.25, 0.3) is 0 Å². The molecule has 2 heterocycles. The van der Waals surface area contributed by atoms with Gasteiger partial charge in [0, 0.05) is 37.4 Å². The van der Waals surface area contributed by atoms with E-state index in [1.54, 1.807) is 19.5 Å². The molecule has 1 aromatic heterocycles. The average Bonchev–Trinajstić information content (AvgIpc) is 2.84. The van der Waals surface area contributed by atoms with Crippen LogP contribution in [0.2, 0.25) is 0 Å². The number of hydrogen-bond donors (Lipinski definition) is 1. The summed E-state index contributed by atoms with van der Waals surface area (Å²) in [7, 11) is 1.59. The topological polar surface area (TPSA) is 70.6 Å². The van der Waals surface area contributed by atoms with E-state index in [0.29, 0.717) is 5.88 Å². The molecule has 1 saturated heterocycles.